The summed E-state index contributed by atoms with van der Waals surface area (Å²) in [6.45, 7) is 4.46. The van der Waals surface area contributed by atoms with Gasteiger partial charge in [-0.2, -0.15) is 16.2 Å². The van der Waals surface area contributed by atoms with Crippen LogP contribution in [0.15, 0.2) is 0 Å². The van der Waals surface area contributed by atoms with E-state index in [-0.39, 0.29) is 101 Å². The predicted octanol–water partition coefficient (Wildman–Crippen LogP) is -13.3. The number of aliphatic hydroxyl groups is 1. The van der Waals surface area contributed by atoms with Crippen molar-refractivity contribution in [3.05, 3.63) is 0 Å². The fraction of sp³-hybridized carbons (Fsp3) is 1.00. The number of β-amino-alcohol motifs (C(OH)–C–C–N with tert-alkyl or cyclic N) is 1. The Hall–Kier alpha value is 2.90. The predicted molar refractivity (Wildman–Crippen MR) is 64.0 cm³/mol. The molecule has 0 aliphatic carbocycles. The molecule has 2 N–H and O–H groups in total. The van der Waals surface area contributed by atoms with Gasteiger partial charge >= 0.3 is 88.7 Å². The number of rotatable bonds is 5. The van der Waals surface area contributed by atoms with E-state index in [1.807, 2.05) is 4.90 Å². The van der Waals surface area contributed by atoms with E-state index in [1.165, 1.54) is 0 Å². The van der Waals surface area contributed by atoms with Gasteiger partial charge in [-0.3, -0.25) is 14.4 Å². The largest absolute Gasteiger partial charge is 1.00 e. The van der Waals surface area contributed by atoms with Crippen LogP contribution in [-0.2, 0) is 14.7 Å². The molecule has 0 bridgehead atoms. The Balaban J connectivity index is -0.000000199. The summed E-state index contributed by atoms with van der Waals surface area (Å²) in [5, 5.41) is 8.73. The summed E-state index contributed by atoms with van der Waals surface area (Å²) in [6, 6.07) is 0. The smallest absolute Gasteiger partial charge is 0.822 e. The molecule has 1 saturated heterocycles. The third-order valence-corrected chi connectivity index (χ3v) is 3.25. The minimum absolute atomic E-state index is 0. The molecule has 10 nitrogen and oxygen atoms in total. The molecular weight excluding hydrogens is 384 g/mol. The average Bonchev–Trinajstić information content (AvgIpc) is 2.25. The van der Waals surface area contributed by atoms with Crippen LogP contribution >= 0.6 is 7.82 Å². The number of hydrogen-bond donors (Lipinski definition) is 2. The SMILES string of the molecule is O=P([O-])([O-])[O-].O=S(=O)(O)CCN1CCN(CCO)CC1.[Na+].[Na+].[Na+]. The third kappa shape index (κ3) is 27.2. The van der Waals surface area contributed by atoms with Crippen molar-refractivity contribution in [3.8, 4) is 0 Å². The number of phosphoric acid groups is 1. The van der Waals surface area contributed by atoms with Crippen LogP contribution in [0.4, 0.5) is 0 Å². The Morgan fingerprint density at radius 3 is 1.48 bits per heavy atom. The van der Waals surface area contributed by atoms with Crippen molar-refractivity contribution in [1.29, 1.82) is 0 Å². The molecule has 0 aromatic carbocycles. The van der Waals surface area contributed by atoms with Gasteiger partial charge in [-0.15, -0.1) is 0 Å². The Kier molecular flexibility index (Phi) is 24.8. The molecule has 1 aliphatic rings. The molecule has 0 spiro atoms. The fourth-order valence-corrected chi connectivity index (χ4v) is 2.11. The van der Waals surface area contributed by atoms with E-state index in [4.69, 9.17) is 28.9 Å². The maximum atomic E-state index is 10.5. The standard InChI is InChI=1S/C8H18N2O4S.3Na.H3O4P/c11-7-5-9-1-3-10(4-2-9)6-8-15(12,13)14;;;;1-5(2,3)4/h11H,1-8H2,(H,12,13,14);;;;(H3,1,2,3,4)/q;3*+1;/p-3. The van der Waals surface area contributed by atoms with E-state index < -0.39 is 17.9 Å². The molecule has 0 saturated carbocycles. The molecule has 1 fully saturated rings. The number of nitrogens with zero attached hydrogens (tertiary/aromatic N) is 2. The molecular formula is C8H18N2Na3O8PS. The summed E-state index contributed by atoms with van der Waals surface area (Å²) in [5.74, 6) is -0.201. The van der Waals surface area contributed by atoms with E-state index >= 15 is 0 Å². The first-order chi connectivity index (χ1) is 9.01. The van der Waals surface area contributed by atoms with Crippen molar-refractivity contribution in [2.24, 2.45) is 0 Å². The Labute approximate surface area is 202 Å². The zero-order valence-corrected chi connectivity index (χ0v) is 21.5. The van der Waals surface area contributed by atoms with E-state index in [9.17, 15) is 8.42 Å². The molecule has 0 amide bonds. The van der Waals surface area contributed by atoms with Gasteiger partial charge in [0, 0.05) is 39.3 Å². The minimum Gasteiger partial charge on any atom is -0.822 e. The summed E-state index contributed by atoms with van der Waals surface area (Å²) in [7, 11) is -9.23. The van der Waals surface area contributed by atoms with Crippen molar-refractivity contribution in [2.75, 3.05) is 51.6 Å². The summed E-state index contributed by atoms with van der Waals surface area (Å²) >= 11 is 0. The van der Waals surface area contributed by atoms with Crippen molar-refractivity contribution in [2.45, 2.75) is 0 Å². The number of piperazine rings is 1. The van der Waals surface area contributed by atoms with Crippen LogP contribution in [0.25, 0.3) is 0 Å². The molecule has 1 heterocycles. The van der Waals surface area contributed by atoms with Crippen LogP contribution in [0, 0.1) is 0 Å². The molecule has 122 valence electrons. The number of aliphatic hydroxyl groups excluding tert-OH is 1. The van der Waals surface area contributed by atoms with E-state index in [1.54, 1.807) is 0 Å². The van der Waals surface area contributed by atoms with Gasteiger partial charge in [-0.25, -0.2) is 0 Å². The van der Waals surface area contributed by atoms with Gasteiger partial charge < -0.3 is 24.4 Å². The summed E-state index contributed by atoms with van der Waals surface area (Å²) in [4.78, 5) is 29.8. The fourth-order valence-electron chi connectivity index (χ4n) is 1.62. The van der Waals surface area contributed by atoms with Gasteiger partial charge in [-0.05, 0) is 0 Å². The van der Waals surface area contributed by atoms with Crippen LogP contribution < -0.4 is 103 Å². The molecule has 0 atom stereocenters. The Morgan fingerprint density at radius 1 is 0.913 bits per heavy atom. The van der Waals surface area contributed by atoms with Gasteiger partial charge in [0.2, 0.25) is 0 Å². The quantitative estimate of drug-likeness (QED) is 0.256. The van der Waals surface area contributed by atoms with Gasteiger partial charge in [0.25, 0.3) is 10.1 Å². The van der Waals surface area contributed by atoms with Crippen molar-refractivity contribution in [3.63, 3.8) is 0 Å². The number of hydrogen-bond acceptors (Lipinski definition) is 9. The second-order valence-corrected chi connectivity index (χ2v) is 6.61. The maximum absolute atomic E-state index is 10.5. The van der Waals surface area contributed by atoms with Crippen molar-refractivity contribution in [1.82, 2.24) is 9.80 Å². The minimum atomic E-state index is -5.39. The van der Waals surface area contributed by atoms with E-state index in [0.717, 1.165) is 26.2 Å². The zero-order valence-electron chi connectivity index (χ0n) is 13.8. The Bertz CT molecular complexity index is 407. The van der Waals surface area contributed by atoms with E-state index in [0.29, 0.717) is 13.1 Å². The van der Waals surface area contributed by atoms with Gasteiger partial charge in [0.1, 0.15) is 0 Å². The molecule has 15 heteroatoms. The molecule has 0 radical (unpaired) electrons. The normalized spacial score (nSPS) is 16.0. The van der Waals surface area contributed by atoms with Crippen molar-refractivity contribution >= 4 is 17.9 Å². The molecule has 1 rings (SSSR count). The van der Waals surface area contributed by atoms with Gasteiger partial charge in [0.15, 0.2) is 0 Å². The van der Waals surface area contributed by atoms with Gasteiger partial charge in [0.05, 0.1) is 12.4 Å². The topological polar surface area (TPSA) is 167 Å². The molecule has 0 aromatic heterocycles. The van der Waals surface area contributed by atoms with Crippen LogP contribution in [0.2, 0.25) is 0 Å². The van der Waals surface area contributed by atoms with Crippen LogP contribution in [-0.4, -0.2) is 79.5 Å². The van der Waals surface area contributed by atoms with Crippen LogP contribution in [0.1, 0.15) is 0 Å². The van der Waals surface area contributed by atoms with Crippen LogP contribution in [0.5, 0.6) is 0 Å². The first-order valence-electron chi connectivity index (χ1n) is 5.75. The second-order valence-electron chi connectivity index (χ2n) is 4.14. The van der Waals surface area contributed by atoms with Crippen LogP contribution in [0.3, 0.4) is 0 Å². The van der Waals surface area contributed by atoms with Gasteiger partial charge in [-0.1, -0.05) is 0 Å². The van der Waals surface area contributed by atoms with E-state index in [2.05, 4.69) is 4.90 Å². The first-order valence-corrected chi connectivity index (χ1v) is 8.82. The average molecular weight is 402 g/mol. The molecule has 0 aromatic rings. The first kappa shape index (κ1) is 33.5. The molecule has 1 aliphatic heterocycles. The molecule has 23 heavy (non-hydrogen) atoms. The third-order valence-electron chi connectivity index (χ3n) is 2.55. The summed E-state index contributed by atoms with van der Waals surface area (Å²) < 4.78 is 38.2. The van der Waals surface area contributed by atoms with Crippen molar-refractivity contribution < 1.29 is 126 Å². The summed E-state index contributed by atoms with van der Waals surface area (Å²) in [6.07, 6.45) is 0. The monoisotopic (exact) mass is 402 g/mol. The summed E-state index contributed by atoms with van der Waals surface area (Å²) in [5.41, 5.74) is 0. The Morgan fingerprint density at radius 2 is 1.22 bits per heavy atom. The maximum Gasteiger partial charge on any atom is 1.00 e. The molecule has 0 unspecified atom stereocenters. The zero-order chi connectivity index (χ0) is 15.8. The second kappa shape index (κ2) is 17.0.